The highest BCUT2D eigenvalue weighted by Crippen LogP contribution is 2.41. The minimum absolute atomic E-state index is 0.182. The van der Waals surface area contributed by atoms with Gasteiger partial charge in [-0.1, -0.05) is 18.2 Å². The minimum Gasteiger partial charge on any atom is -0.495 e. The quantitative estimate of drug-likeness (QED) is 0.571. The zero-order valence-corrected chi connectivity index (χ0v) is 19.8. The van der Waals surface area contributed by atoms with Crippen molar-refractivity contribution in [1.29, 1.82) is 0 Å². The maximum atomic E-state index is 13.5. The lowest BCUT2D eigenvalue weighted by molar-refractivity contribution is -0.137. The van der Waals surface area contributed by atoms with E-state index in [9.17, 15) is 18.0 Å². The van der Waals surface area contributed by atoms with Crippen LogP contribution in [0.2, 0.25) is 0 Å². The van der Waals surface area contributed by atoms with E-state index in [0.29, 0.717) is 31.7 Å². The standard InChI is InChI=1S/C27H27F3N4O2/c1-36-25-7-3-2-6-23(25)33-11-12-34-22-9-8-20(27(28,29)30)13-19(22)14-21(24(34)17-33)26(35)32-16-18-5-4-10-31-15-18/h2-10,13,15,21,24H,11-12,14,16-17H2,1H3,(H,32,35)/t21-,24-/m0/s1. The van der Waals surface area contributed by atoms with Gasteiger partial charge in [0.05, 0.1) is 30.3 Å². The molecule has 188 valence electrons. The van der Waals surface area contributed by atoms with Crippen molar-refractivity contribution in [3.8, 4) is 5.75 Å². The van der Waals surface area contributed by atoms with Crippen molar-refractivity contribution in [2.45, 2.75) is 25.2 Å². The second kappa shape index (κ2) is 9.72. The van der Waals surface area contributed by atoms with E-state index in [-0.39, 0.29) is 18.4 Å². The number of rotatable bonds is 5. The maximum absolute atomic E-state index is 13.5. The number of aromatic nitrogens is 1. The summed E-state index contributed by atoms with van der Waals surface area (Å²) < 4.78 is 45.9. The van der Waals surface area contributed by atoms with Crippen molar-refractivity contribution in [2.24, 2.45) is 5.92 Å². The van der Waals surface area contributed by atoms with E-state index in [0.717, 1.165) is 28.8 Å². The molecule has 1 N–H and O–H groups in total. The van der Waals surface area contributed by atoms with Crippen LogP contribution in [0.4, 0.5) is 24.5 Å². The summed E-state index contributed by atoms with van der Waals surface area (Å²) >= 11 is 0. The van der Waals surface area contributed by atoms with Gasteiger partial charge >= 0.3 is 6.18 Å². The monoisotopic (exact) mass is 496 g/mol. The molecule has 2 aliphatic heterocycles. The van der Waals surface area contributed by atoms with Gasteiger partial charge in [-0.3, -0.25) is 9.78 Å². The number of piperazine rings is 1. The zero-order chi connectivity index (χ0) is 25.3. The molecule has 2 atom stereocenters. The number of hydrogen-bond acceptors (Lipinski definition) is 5. The number of nitrogens with zero attached hydrogens (tertiary/aromatic N) is 3. The molecule has 6 nitrogen and oxygen atoms in total. The van der Waals surface area contributed by atoms with Gasteiger partial charge in [-0.15, -0.1) is 0 Å². The van der Waals surface area contributed by atoms with Gasteiger partial charge in [0, 0.05) is 44.3 Å². The molecule has 0 bridgehead atoms. The number of alkyl halides is 3. The number of halogens is 3. The topological polar surface area (TPSA) is 57.7 Å². The van der Waals surface area contributed by atoms with Crippen molar-refractivity contribution in [1.82, 2.24) is 10.3 Å². The summed E-state index contributed by atoms with van der Waals surface area (Å²) in [7, 11) is 1.62. The van der Waals surface area contributed by atoms with E-state index in [1.165, 1.54) is 6.07 Å². The Labute approximate surface area is 207 Å². The fourth-order valence-corrected chi connectivity index (χ4v) is 5.23. The number of carbonyl (C=O) groups is 1. The average Bonchev–Trinajstić information content (AvgIpc) is 2.90. The molecule has 0 unspecified atom stereocenters. The highest BCUT2D eigenvalue weighted by Gasteiger charge is 2.43. The molecule has 1 amide bonds. The lowest BCUT2D eigenvalue weighted by Gasteiger charge is -2.49. The number of benzene rings is 2. The molecule has 5 rings (SSSR count). The van der Waals surface area contributed by atoms with Gasteiger partial charge in [-0.05, 0) is 53.9 Å². The molecule has 2 aromatic carbocycles. The largest absolute Gasteiger partial charge is 0.495 e. The number of amides is 1. The molecule has 1 saturated heterocycles. The van der Waals surface area contributed by atoms with Crippen LogP contribution in [0, 0.1) is 5.92 Å². The molecule has 3 aromatic rings. The first kappa shape index (κ1) is 24.0. The molecule has 2 aliphatic rings. The maximum Gasteiger partial charge on any atom is 0.416 e. The molecule has 0 saturated carbocycles. The number of fused-ring (bicyclic) bond motifs is 3. The fraction of sp³-hybridized carbons (Fsp3) is 0.333. The Balaban J connectivity index is 1.46. The summed E-state index contributed by atoms with van der Waals surface area (Å²) in [6.07, 6.45) is -0.859. The molecule has 0 aliphatic carbocycles. The van der Waals surface area contributed by atoms with E-state index in [2.05, 4.69) is 20.1 Å². The number of nitrogens with one attached hydrogen (secondary N) is 1. The van der Waals surface area contributed by atoms with Crippen LogP contribution in [0.3, 0.4) is 0 Å². The van der Waals surface area contributed by atoms with Crippen LogP contribution in [0.1, 0.15) is 16.7 Å². The minimum atomic E-state index is -4.44. The zero-order valence-electron chi connectivity index (χ0n) is 19.8. The predicted molar refractivity (Wildman–Crippen MR) is 131 cm³/mol. The number of pyridine rings is 1. The van der Waals surface area contributed by atoms with Crippen LogP contribution in [0.15, 0.2) is 67.0 Å². The molecule has 3 heterocycles. The molecular weight excluding hydrogens is 469 g/mol. The summed E-state index contributed by atoms with van der Waals surface area (Å²) in [6, 6.07) is 15.1. The Kier molecular flexibility index (Phi) is 6.47. The lowest BCUT2D eigenvalue weighted by Crippen LogP contribution is -2.61. The smallest absolute Gasteiger partial charge is 0.416 e. The second-order valence-electron chi connectivity index (χ2n) is 9.11. The normalized spacial score (nSPS) is 19.3. The number of methoxy groups -OCH3 is 1. The van der Waals surface area contributed by atoms with E-state index < -0.39 is 17.7 Å². The Bertz CT molecular complexity index is 1240. The molecule has 0 radical (unpaired) electrons. The van der Waals surface area contributed by atoms with E-state index in [4.69, 9.17) is 4.74 Å². The van der Waals surface area contributed by atoms with Crippen LogP contribution in [0.5, 0.6) is 5.75 Å². The van der Waals surface area contributed by atoms with Crippen LogP contribution in [0.25, 0.3) is 0 Å². The van der Waals surface area contributed by atoms with Gasteiger partial charge in [-0.2, -0.15) is 13.2 Å². The van der Waals surface area contributed by atoms with E-state index >= 15 is 0 Å². The summed E-state index contributed by atoms with van der Waals surface area (Å²) in [5.74, 6) is 0.0449. The van der Waals surface area contributed by atoms with Crippen molar-refractivity contribution in [2.75, 3.05) is 36.5 Å². The number of anilines is 2. The second-order valence-corrected chi connectivity index (χ2v) is 9.11. The highest BCUT2D eigenvalue weighted by atomic mass is 19.4. The summed E-state index contributed by atoms with van der Waals surface area (Å²) in [5.41, 5.74) is 2.42. The third kappa shape index (κ3) is 4.69. The van der Waals surface area contributed by atoms with Gasteiger partial charge in [-0.25, -0.2) is 0 Å². The number of carbonyl (C=O) groups excluding carboxylic acids is 1. The SMILES string of the molecule is COc1ccccc1N1CCN2c3ccc(C(F)(F)F)cc3C[C@H](C(=O)NCc3cccnc3)[C@@H]2C1. The van der Waals surface area contributed by atoms with Crippen molar-refractivity contribution < 1.29 is 22.7 Å². The molecule has 1 aromatic heterocycles. The van der Waals surface area contributed by atoms with Gasteiger partial charge < -0.3 is 19.9 Å². The lowest BCUT2D eigenvalue weighted by atomic mass is 9.82. The Morgan fingerprint density at radius 3 is 2.69 bits per heavy atom. The van der Waals surface area contributed by atoms with Crippen LogP contribution < -0.4 is 19.9 Å². The molecule has 9 heteroatoms. The number of hydrogen-bond donors (Lipinski definition) is 1. The van der Waals surface area contributed by atoms with Crippen molar-refractivity contribution in [3.05, 3.63) is 83.7 Å². The first-order chi connectivity index (χ1) is 17.3. The number of para-hydroxylation sites is 2. The Hall–Kier alpha value is -3.75. The first-order valence-electron chi connectivity index (χ1n) is 11.9. The Morgan fingerprint density at radius 1 is 1.11 bits per heavy atom. The molecule has 1 fully saturated rings. The van der Waals surface area contributed by atoms with Crippen LogP contribution in [-0.2, 0) is 23.9 Å². The van der Waals surface area contributed by atoms with Crippen molar-refractivity contribution in [3.63, 3.8) is 0 Å². The van der Waals surface area contributed by atoms with E-state index in [1.54, 1.807) is 31.6 Å². The predicted octanol–water partition coefficient (Wildman–Crippen LogP) is 4.29. The molecular formula is C27H27F3N4O2. The van der Waals surface area contributed by atoms with Gasteiger partial charge in [0.25, 0.3) is 0 Å². The van der Waals surface area contributed by atoms with Crippen LogP contribution >= 0.6 is 0 Å². The highest BCUT2D eigenvalue weighted by molar-refractivity contribution is 5.82. The first-order valence-corrected chi connectivity index (χ1v) is 11.9. The number of ether oxygens (including phenoxy) is 1. The summed E-state index contributed by atoms with van der Waals surface area (Å²) in [5, 5.41) is 2.98. The molecule has 0 spiro atoms. The molecule has 36 heavy (non-hydrogen) atoms. The van der Waals surface area contributed by atoms with Gasteiger partial charge in [0.2, 0.25) is 5.91 Å². The van der Waals surface area contributed by atoms with Gasteiger partial charge in [0.1, 0.15) is 5.75 Å². The third-order valence-electron chi connectivity index (χ3n) is 6.99. The summed E-state index contributed by atoms with van der Waals surface area (Å²) in [6.45, 7) is 2.09. The van der Waals surface area contributed by atoms with Crippen molar-refractivity contribution >= 4 is 17.3 Å². The Morgan fingerprint density at radius 2 is 1.94 bits per heavy atom. The third-order valence-corrected chi connectivity index (χ3v) is 6.99. The summed E-state index contributed by atoms with van der Waals surface area (Å²) in [4.78, 5) is 21.8. The average molecular weight is 497 g/mol. The fourth-order valence-electron chi connectivity index (χ4n) is 5.23. The van der Waals surface area contributed by atoms with Crippen LogP contribution in [-0.4, -0.2) is 43.7 Å². The van der Waals surface area contributed by atoms with E-state index in [1.807, 2.05) is 30.3 Å². The van der Waals surface area contributed by atoms with Gasteiger partial charge in [0.15, 0.2) is 0 Å².